The highest BCUT2D eigenvalue weighted by atomic mass is 16.8. The summed E-state index contributed by atoms with van der Waals surface area (Å²) in [5, 5.41) is 2.68. The van der Waals surface area contributed by atoms with Gasteiger partial charge in [-0.05, 0) is 43.4 Å². The molecule has 0 bridgehead atoms. The summed E-state index contributed by atoms with van der Waals surface area (Å²) in [5.41, 5.74) is 2.58. The van der Waals surface area contributed by atoms with E-state index in [0.717, 1.165) is 25.7 Å². The highest BCUT2D eigenvalue weighted by Gasteiger charge is 2.38. The molecule has 1 N–H and O–H groups in total. The topological polar surface area (TPSA) is 123 Å². The molecule has 0 aromatic carbocycles. The molecular formula is C32H53N5O6. The van der Waals surface area contributed by atoms with Gasteiger partial charge in [0.1, 0.15) is 18.8 Å². The Labute approximate surface area is 257 Å². The number of hydrazine groups is 1. The maximum atomic E-state index is 14.0. The fourth-order valence-corrected chi connectivity index (χ4v) is 5.81. The monoisotopic (exact) mass is 603 g/mol. The van der Waals surface area contributed by atoms with Crippen molar-refractivity contribution in [2.75, 3.05) is 13.2 Å². The molecule has 1 aromatic rings. The average Bonchev–Trinajstić information content (AvgIpc) is 3.54. The predicted molar refractivity (Wildman–Crippen MR) is 162 cm³/mol. The third kappa shape index (κ3) is 11.7. The third-order valence-electron chi connectivity index (χ3n) is 8.21. The zero-order valence-electron chi connectivity index (χ0n) is 26.7. The van der Waals surface area contributed by atoms with Gasteiger partial charge in [-0.2, -0.15) is 0 Å². The Morgan fingerprint density at radius 1 is 0.977 bits per heavy atom. The Bertz CT molecular complexity index is 1000. The fourth-order valence-electron chi connectivity index (χ4n) is 5.81. The number of carbonyl (C=O) groups is 4. The predicted octanol–water partition coefficient (Wildman–Crippen LogP) is 5.27. The van der Waals surface area contributed by atoms with Crippen LogP contribution in [0.25, 0.3) is 0 Å². The van der Waals surface area contributed by atoms with E-state index < -0.39 is 36.5 Å². The Hall–Kier alpha value is -2.79. The number of rotatable bonds is 15. The molecule has 2 aliphatic rings. The molecule has 1 aromatic heterocycles. The van der Waals surface area contributed by atoms with E-state index in [0.29, 0.717) is 31.8 Å². The Balaban J connectivity index is 1.89. The summed E-state index contributed by atoms with van der Waals surface area (Å²) in [6, 6.07) is -0.974. The van der Waals surface area contributed by atoms with Gasteiger partial charge in [-0.1, -0.05) is 72.6 Å². The van der Waals surface area contributed by atoms with E-state index in [2.05, 4.69) is 10.5 Å². The second-order valence-electron chi connectivity index (χ2n) is 12.9. The second kappa shape index (κ2) is 18.1. The van der Waals surface area contributed by atoms with Crippen molar-refractivity contribution in [3.05, 3.63) is 18.7 Å². The number of hydrogen-bond acceptors (Lipinski definition) is 7. The van der Waals surface area contributed by atoms with Crippen LogP contribution in [0.1, 0.15) is 122 Å². The molecule has 1 saturated heterocycles. The molecule has 2 atom stereocenters. The third-order valence-corrected chi connectivity index (χ3v) is 8.21. The maximum absolute atomic E-state index is 14.0. The maximum Gasteiger partial charge on any atom is 0.268 e. The minimum Gasteiger partial charge on any atom is -0.350 e. The summed E-state index contributed by atoms with van der Waals surface area (Å²) in [5.74, 6) is -0.953. The summed E-state index contributed by atoms with van der Waals surface area (Å²) in [4.78, 5) is 64.1. The minimum absolute atomic E-state index is 0.0227. The summed E-state index contributed by atoms with van der Waals surface area (Å²) in [6.07, 6.45) is 14.8. The molecule has 1 aliphatic heterocycles. The number of carbonyl (C=O) groups excluding carboxylic acids is 4. The van der Waals surface area contributed by atoms with Gasteiger partial charge in [0.2, 0.25) is 11.8 Å². The van der Waals surface area contributed by atoms with E-state index in [4.69, 9.17) is 9.57 Å². The first kappa shape index (κ1) is 34.7. The van der Waals surface area contributed by atoms with E-state index in [1.807, 2.05) is 27.7 Å². The normalized spacial score (nSPS) is 18.4. The van der Waals surface area contributed by atoms with Gasteiger partial charge in [0.05, 0.1) is 0 Å². The zero-order chi connectivity index (χ0) is 31.2. The largest absolute Gasteiger partial charge is 0.350 e. The first-order valence-electron chi connectivity index (χ1n) is 16.4. The summed E-state index contributed by atoms with van der Waals surface area (Å²) < 4.78 is 6.88. The number of imidazole rings is 1. The quantitative estimate of drug-likeness (QED) is 0.214. The number of hydrogen-bond donors (Lipinski definition) is 1. The highest BCUT2D eigenvalue weighted by molar-refractivity contribution is 5.99. The van der Waals surface area contributed by atoms with Crippen LogP contribution in [0, 0.1) is 17.8 Å². The van der Waals surface area contributed by atoms with Crippen LogP contribution in [-0.2, 0) is 24.0 Å². The van der Waals surface area contributed by atoms with Crippen molar-refractivity contribution in [1.82, 2.24) is 25.0 Å². The fraction of sp³-hybridized carbons (Fsp3) is 0.781. The Kier molecular flexibility index (Phi) is 14.6. The van der Waals surface area contributed by atoms with E-state index in [-0.39, 0.29) is 30.7 Å². The summed E-state index contributed by atoms with van der Waals surface area (Å²) >= 11 is 0. The van der Waals surface area contributed by atoms with Crippen molar-refractivity contribution in [2.24, 2.45) is 17.8 Å². The smallest absolute Gasteiger partial charge is 0.268 e. The minimum atomic E-state index is -0.974. The van der Waals surface area contributed by atoms with Gasteiger partial charge in [0.15, 0.2) is 6.29 Å². The van der Waals surface area contributed by atoms with Gasteiger partial charge in [-0.25, -0.2) is 20.3 Å². The Morgan fingerprint density at radius 2 is 1.72 bits per heavy atom. The number of hydroxylamine groups is 1. The molecular weight excluding hydrogens is 550 g/mol. The van der Waals surface area contributed by atoms with Crippen LogP contribution in [0.5, 0.6) is 0 Å². The molecule has 0 spiro atoms. The van der Waals surface area contributed by atoms with Crippen molar-refractivity contribution < 1.29 is 28.8 Å². The Morgan fingerprint density at radius 3 is 2.35 bits per heavy atom. The van der Waals surface area contributed by atoms with Crippen LogP contribution in [0.4, 0.5) is 0 Å². The summed E-state index contributed by atoms with van der Waals surface area (Å²) in [6.45, 7) is 8.69. The molecule has 2 heterocycles. The first-order valence-corrected chi connectivity index (χ1v) is 16.4. The van der Waals surface area contributed by atoms with E-state index in [1.54, 1.807) is 0 Å². The van der Waals surface area contributed by atoms with E-state index in [1.165, 1.54) is 65.4 Å². The molecule has 11 heteroatoms. The summed E-state index contributed by atoms with van der Waals surface area (Å²) in [7, 11) is 0. The van der Waals surface area contributed by atoms with E-state index in [9.17, 15) is 19.2 Å². The van der Waals surface area contributed by atoms with Gasteiger partial charge in [-0.15, -0.1) is 0 Å². The number of nitrogens with one attached hydrogen (secondary N) is 1. The van der Waals surface area contributed by atoms with Crippen molar-refractivity contribution in [3.63, 3.8) is 0 Å². The average molecular weight is 604 g/mol. The van der Waals surface area contributed by atoms with Crippen LogP contribution >= 0.6 is 0 Å². The number of amides is 3. The molecule has 3 rings (SSSR count). The molecule has 0 radical (unpaired) electrons. The molecule has 1 aliphatic carbocycles. The van der Waals surface area contributed by atoms with Crippen molar-refractivity contribution in [1.29, 1.82) is 0 Å². The standard InChI is InChI=1S/C32H53N5O6/c1-24(2)16-17-28(38)37(36(22-25(3)4)30(40)21-29(39)35-19-18-33-23-35)27(14-10-13-26-11-6-5-7-12-26)32(41)34-43-31-15-8-9-20-42-31/h18-19,23-27,31H,5-17,20-22H2,1-4H3,(H,34,41)/t27-,31+/m0/s1. The molecule has 1 saturated carbocycles. The first-order chi connectivity index (χ1) is 20.7. The van der Waals surface area contributed by atoms with Crippen LogP contribution in [0.3, 0.4) is 0 Å². The zero-order valence-corrected chi connectivity index (χ0v) is 26.7. The van der Waals surface area contributed by atoms with Crippen molar-refractivity contribution in [2.45, 2.75) is 130 Å². The lowest BCUT2D eigenvalue weighted by Gasteiger charge is -2.41. The van der Waals surface area contributed by atoms with Gasteiger partial charge in [0.25, 0.3) is 11.8 Å². The molecule has 0 unspecified atom stereocenters. The van der Waals surface area contributed by atoms with Gasteiger partial charge in [0, 0.05) is 38.4 Å². The van der Waals surface area contributed by atoms with E-state index >= 15 is 0 Å². The lowest BCUT2D eigenvalue weighted by atomic mass is 9.85. The second-order valence-corrected chi connectivity index (χ2v) is 12.9. The number of ether oxygens (including phenoxy) is 1. The molecule has 3 amide bonds. The molecule has 43 heavy (non-hydrogen) atoms. The van der Waals surface area contributed by atoms with Crippen LogP contribution < -0.4 is 5.48 Å². The number of aromatic nitrogens is 2. The lowest BCUT2D eigenvalue weighted by molar-refractivity contribution is -0.206. The molecule has 242 valence electrons. The SMILES string of the molecule is CC(C)CCC(=O)N([C@@H](CCCC1CCCCC1)C(=O)NO[C@@H]1CCCCO1)N(CC(C)C)C(=O)CC(=O)n1ccnc1. The van der Waals surface area contributed by atoms with Gasteiger partial charge < -0.3 is 4.74 Å². The van der Waals surface area contributed by atoms with Crippen LogP contribution in [0.15, 0.2) is 18.7 Å². The van der Waals surface area contributed by atoms with Crippen LogP contribution in [0.2, 0.25) is 0 Å². The molecule has 2 fully saturated rings. The number of nitrogens with zero attached hydrogens (tertiary/aromatic N) is 4. The molecule has 11 nitrogen and oxygen atoms in total. The highest BCUT2D eigenvalue weighted by Crippen LogP contribution is 2.29. The van der Waals surface area contributed by atoms with Gasteiger partial charge >= 0.3 is 0 Å². The van der Waals surface area contributed by atoms with Crippen molar-refractivity contribution >= 4 is 23.6 Å². The van der Waals surface area contributed by atoms with Crippen molar-refractivity contribution in [3.8, 4) is 0 Å². The van der Waals surface area contributed by atoms with Gasteiger partial charge in [-0.3, -0.25) is 28.8 Å². The lowest BCUT2D eigenvalue weighted by Crippen LogP contribution is -2.60. The van der Waals surface area contributed by atoms with Crippen LogP contribution in [-0.4, -0.2) is 68.7 Å².